The van der Waals surface area contributed by atoms with Crippen LogP contribution in [0.3, 0.4) is 0 Å². The molecule has 7 nitrogen and oxygen atoms in total. The van der Waals surface area contributed by atoms with E-state index in [9.17, 15) is 19.1 Å². The van der Waals surface area contributed by atoms with Gasteiger partial charge in [-0.25, -0.2) is 9.37 Å². The molecule has 0 fully saturated rings. The van der Waals surface area contributed by atoms with Crippen molar-refractivity contribution in [2.45, 2.75) is 25.6 Å². The lowest BCUT2D eigenvalue weighted by Gasteiger charge is -2.16. The first-order valence-electron chi connectivity index (χ1n) is 7.99. The molecule has 0 spiro atoms. The van der Waals surface area contributed by atoms with Crippen molar-refractivity contribution in [3.63, 3.8) is 0 Å². The van der Waals surface area contributed by atoms with E-state index in [1.54, 1.807) is 12.1 Å². The molecule has 26 heavy (non-hydrogen) atoms. The molecule has 0 atom stereocenters. The third kappa shape index (κ3) is 4.53. The van der Waals surface area contributed by atoms with Gasteiger partial charge in [-0.2, -0.15) is 0 Å². The molecule has 8 heteroatoms. The topological polar surface area (TPSA) is 90.7 Å². The van der Waals surface area contributed by atoms with E-state index in [1.807, 2.05) is 0 Å². The number of carbonyl (C=O) groups is 1. The average molecular weight is 364 g/mol. The summed E-state index contributed by atoms with van der Waals surface area (Å²) in [7, 11) is 4.34. The fraction of sp³-hybridized carbons (Fsp3) is 0.389. The number of aromatic nitrogens is 2. The van der Waals surface area contributed by atoms with Gasteiger partial charge in [0.2, 0.25) is 5.75 Å². The van der Waals surface area contributed by atoms with E-state index in [1.165, 1.54) is 33.4 Å². The van der Waals surface area contributed by atoms with Crippen molar-refractivity contribution in [1.82, 2.24) is 9.55 Å². The third-order valence-electron chi connectivity index (χ3n) is 4.05. The molecule has 0 saturated heterocycles. The van der Waals surface area contributed by atoms with Crippen LogP contribution in [0.25, 0.3) is 0 Å². The number of ketones is 1. The largest absolute Gasteiger partial charge is 0.501 e. The molecule has 0 bridgehead atoms. The maximum Gasteiger partial charge on any atom is 0.296 e. The van der Waals surface area contributed by atoms with Crippen molar-refractivity contribution >= 4 is 5.78 Å². The number of nitrogens with zero attached hydrogens (tertiary/aromatic N) is 2. The molecule has 0 aliphatic heterocycles. The second-order valence-corrected chi connectivity index (χ2v) is 5.74. The molecule has 0 aliphatic carbocycles. The summed E-state index contributed by atoms with van der Waals surface area (Å²) >= 11 is 0. The van der Waals surface area contributed by atoms with Crippen molar-refractivity contribution in [3.8, 4) is 5.75 Å². The summed E-state index contributed by atoms with van der Waals surface area (Å²) in [5, 5.41) is 10.0. The number of Topliss-reactive ketones (excluding diaryl/α,β-unsaturated/α-hetero) is 1. The second kappa shape index (κ2) is 8.68. The molecule has 2 rings (SSSR count). The highest BCUT2D eigenvalue weighted by Crippen LogP contribution is 2.15. The first-order valence-corrected chi connectivity index (χ1v) is 7.99. The Hall–Kier alpha value is -2.58. The maximum absolute atomic E-state index is 12.9. The molecule has 1 aromatic heterocycles. The monoisotopic (exact) mass is 364 g/mol. The van der Waals surface area contributed by atoms with Gasteiger partial charge in [-0.3, -0.25) is 14.2 Å². The Bertz CT molecular complexity index is 829. The van der Waals surface area contributed by atoms with Gasteiger partial charge in [0, 0.05) is 27.7 Å². The number of carbonyl (C=O) groups excluding carboxylic acids is 1. The molecule has 1 N–H and O–H groups in total. The summed E-state index contributed by atoms with van der Waals surface area (Å²) in [5.74, 6) is -1.27. The number of rotatable bonds is 8. The van der Waals surface area contributed by atoms with Crippen LogP contribution in [0.1, 0.15) is 28.3 Å². The third-order valence-corrected chi connectivity index (χ3v) is 4.05. The standard InChI is InChI=1S/C18H21FN2O5/c1-21-14(10-15(25-2)26-3)20-16(17(23)18(21)24)13(22)9-6-11-4-7-12(19)8-5-11/h4-5,7-8,15,23H,6,9-10H2,1-3H3. The maximum atomic E-state index is 12.9. The number of aryl methyl sites for hydroxylation is 1. The van der Waals surface area contributed by atoms with Crippen molar-refractivity contribution in [2.24, 2.45) is 7.05 Å². The Labute approximate surface area is 150 Å². The zero-order chi connectivity index (χ0) is 19.3. The van der Waals surface area contributed by atoms with Gasteiger partial charge < -0.3 is 14.6 Å². The number of hydrogen-bond donors (Lipinski definition) is 1. The summed E-state index contributed by atoms with van der Waals surface area (Å²) in [5.41, 5.74) is -0.232. The van der Waals surface area contributed by atoms with Gasteiger partial charge in [0.1, 0.15) is 11.6 Å². The number of aromatic hydroxyl groups is 1. The summed E-state index contributed by atoms with van der Waals surface area (Å²) in [6, 6.07) is 5.77. The fourth-order valence-corrected chi connectivity index (χ4v) is 2.45. The summed E-state index contributed by atoms with van der Waals surface area (Å²) < 4.78 is 24.3. The van der Waals surface area contributed by atoms with Crippen LogP contribution in [0.4, 0.5) is 4.39 Å². The van der Waals surface area contributed by atoms with Crippen LogP contribution >= 0.6 is 0 Å². The number of benzene rings is 1. The molecular weight excluding hydrogens is 343 g/mol. The van der Waals surface area contributed by atoms with Crippen LogP contribution in [0.5, 0.6) is 5.75 Å². The van der Waals surface area contributed by atoms with Gasteiger partial charge in [0.15, 0.2) is 17.8 Å². The van der Waals surface area contributed by atoms with Crippen molar-refractivity contribution in [2.75, 3.05) is 14.2 Å². The van der Waals surface area contributed by atoms with Gasteiger partial charge in [0.25, 0.3) is 5.56 Å². The molecule has 2 aromatic rings. The van der Waals surface area contributed by atoms with E-state index in [-0.39, 0.29) is 30.2 Å². The molecule has 0 aliphatic rings. The SMILES string of the molecule is COC(Cc1nc(C(=O)CCc2ccc(F)cc2)c(O)c(=O)n1C)OC. The normalized spacial score (nSPS) is 11.1. The van der Waals surface area contributed by atoms with E-state index in [2.05, 4.69) is 4.98 Å². The minimum atomic E-state index is -0.717. The Morgan fingerprint density at radius 3 is 2.46 bits per heavy atom. The highest BCUT2D eigenvalue weighted by atomic mass is 19.1. The van der Waals surface area contributed by atoms with Gasteiger partial charge in [-0.15, -0.1) is 0 Å². The molecule has 0 amide bonds. The van der Waals surface area contributed by atoms with Gasteiger partial charge >= 0.3 is 0 Å². The van der Waals surface area contributed by atoms with Gasteiger partial charge in [-0.1, -0.05) is 12.1 Å². The number of methoxy groups -OCH3 is 2. The van der Waals surface area contributed by atoms with Gasteiger partial charge in [-0.05, 0) is 24.1 Å². The lowest BCUT2D eigenvalue weighted by atomic mass is 10.1. The van der Waals surface area contributed by atoms with E-state index in [0.717, 1.165) is 10.1 Å². The minimum Gasteiger partial charge on any atom is -0.501 e. The number of hydrogen-bond acceptors (Lipinski definition) is 6. The Morgan fingerprint density at radius 1 is 1.27 bits per heavy atom. The molecule has 0 radical (unpaired) electrons. The molecule has 140 valence electrons. The zero-order valence-electron chi connectivity index (χ0n) is 14.9. The number of ether oxygens (including phenoxy) is 2. The average Bonchev–Trinajstić information content (AvgIpc) is 2.65. The van der Waals surface area contributed by atoms with Crippen molar-refractivity contribution in [1.29, 1.82) is 0 Å². The first-order chi connectivity index (χ1) is 12.4. The van der Waals surface area contributed by atoms with Crippen molar-refractivity contribution in [3.05, 3.63) is 57.5 Å². The highest BCUT2D eigenvalue weighted by molar-refractivity contribution is 5.96. The smallest absolute Gasteiger partial charge is 0.296 e. The van der Waals surface area contributed by atoms with Gasteiger partial charge in [0.05, 0.1) is 6.42 Å². The van der Waals surface area contributed by atoms with Crippen LogP contribution < -0.4 is 5.56 Å². The summed E-state index contributed by atoms with van der Waals surface area (Å²) in [6.07, 6.45) is -0.141. The van der Waals surface area contributed by atoms with Crippen LogP contribution in [-0.2, 0) is 29.4 Å². The second-order valence-electron chi connectivity index (χ2n) is 5.74. The quantitative estimate of drug-likeness (QED) is 0.565. The predicted octanol–water partition coefficient (Wildman–Crippen LogP) is 1.60. The number of halogens is 1. The van der Waals surface area contributed by atoms with E-state index >= 15 is 0 Å². The molecule has 0 unspecified atom stereocenters. The lowest BCUT2D eigenvalue weighted by Crippen LogP contribution is -2.28. The Kier molecular flexibility index (Phi) is 6.59. The molecule has 1 heterocycles. The van der Waals surface area contributed by atoms with Crippen LogP contribution in [0, 0.1) is 5.82 Å². The zero-order valence-corrected chi connectivity index (χ0v) is 14.9. The predicted molar refractivity (Wildman–Crippen MR) is 91.7 cm³/mol. The van der Waals surface area contributed by atoms with E-state index in [4.69, 9.17) is 9.47 Å². The summed E-state index contributed by atoms with van der Waals surface area (Å²) in [4.78, 5) is 28.8. The molecular formula is C18H21FN2O5. The lowest BCUT2D eigenvalue weighted by molar-refractivity contribution is -0.102. The molecule has 0 saturated carbocycles. The van der Waals surface area contributed by atoms with Crippen LogP contribution in [-0.4, -0.2) is 41.0 Å². The van der Waals surface area contributed by atoms with Crippen LogP contribution in [0.2, 0.25) is 0 Å². The van der Waals surface area contributed by atoms with E-state index in [0.29, 0.717) is 6.42 Å². The Morgan fingerprint density at radius 2 is 1.88 bits per heavy atom. The fourth-order valence-electron chi connectivity index (χ4n) is 2.45. The highest BCUT2D eigenvalue weighted by Gasteiger charge is 2.21. The minimum absolute atomic E-state index is 0.0246. The Balaban J connectivity index is 2.23. The first kappa shape index (κ1) is 19.7. The van der Waals surface area contributed by atoms with E-state index < -0.39 is 23.4 Å². The van der Waals surface area contributed by atoms with Crippen molar-refractivity contribution < 1.29 is 23.8 Å². The summed E-state index contributed by atoms with van der Waals surface area (Å²) in [6.45, 7) is 0. The van der Waals surface area contributed by atoms with Crippen LogP contribution in [0.15, 0.2) is 29.1 Å². The molecule has 1 aromatic carbocycles.